The molecule has 2 heterocycles. The van der Waals surface area contributed by atoms with E-state index in [0.29, 0.717) is 0 Å². The fourth-order valence-corrected chi connectivity index (χ4v) is 4.56. The molecule has 22 heavy (non-hydrogen) atoms. The Morgan fingerprint density at radius 1 is 1.41 bits per heavy atom. The zero-order valence-corrected chi connectivity index (χ0v) is 14.9. The van der Waals surface area contributed by atoms with Crippen LogP contribution in [0.3, 0.4) is 0 Å². The molecule has 122 valence electrons. The standard InChI is InChI=1S/C18H28N2OS/c1-4-20(13(2)3)17(21)16-11-15-7-5-6-10-19(18(15)22-16)12-14-8-9-14/h11,13-14H,4-10,12H2,1-3H3. The van der Waals surface area contributed by atoms with Crippen molar-refractivity contribution in [1.29, 1.82) is 0 Å². The van der Waals surface area contributed by atoms with Gasteiger partial charge in [-0.1, -0.05) is 0 Å². The highest BCUT2D eigenvalue weighted by atomic mass is 32.1. The van der Waals surface area contributed by atoms with Crippen molar-refractivity contribution in [2.45, 2.75) is 58.9 Å². The monoisotopic (exact) mass is 320 g/mol. The Morgan fingerprint density at radius 2 is 2.18 bits per heavy atom. The molecule has 1 aliphatic heterocycles. The molecular formula is C18H28N2OS. The summed E-state index contributed by atoms with van der Waals surface area (Å²) < 4.78 is 0. The molecule has 1 saturated carbocycles. The largest absolute Gasteiger partial charge is 0.363 e. The average molecular weight is 321 g/mol. The molecule has 1 aliphatic carbocycles. The van der Waals surface area contributed by atoms with Crippen LogP contribution in [0.15, 0.2) is 6.07 Å². The lowest BCUT2D eigenvalue weighted by atomic mass is 10.1. The summed E-state index contributed by atoms with van der Waals surface area (Å²) in [6.45, 7) is 9.40. The molecule has 0 unspecified atom stereocenters. The molecule has 2 aliphatic rings. The number of hydrogen-bond acceptors (Lipinski definition) is 3. The fraction of sp³-hybridized carbons (Fsp3) is 0.722. The van der Waals surface area contributed by atoms with E-state index in [4.69, 9.17) is 0 Å². The van der Waals surface area contributed by atoms with Crippen molar-refractivity contribution in [1.82, 2.24) is 4.90 Å². The molecule has 0 N–H and O–H groups in total. The third-order valence-electron chi connectivity index (χ3n) is 4.81. The van der Waals surface area contributed by atoms with Gasteiger partial charge >= 0.3 is 0 Å². The highest BCUT2D eigenvalue weighted by Crippen LogP contribution is 2.39. The third kappa shape index (κ3) is 3.32. The number of nitrogens with zero attached hydrogens (tertiary/aromatic N) is 2. The highest BCUT2D eigenvalue weighted by molar-refractivity contribution is 7.18. The number of amides is 1. The molecule has 0 radical (unpaired) electrons. The van der Waals surface area contributed by atoms with Crippen LogP contribution in [0.1, 0.15) is 61.7 Å². The topological polar surface area (TPSA) is 23.6 Å². The number of rotatable bonds is 5. The van der Waals surface area contributed by atoms with Crippen molar-refractivity contribution in [3.63, 3.8) is 0 Å². The van der Waals surface area contributed by atoms with Crippen LogP contribution in [-0.4, -0.2) is 36.5 Å². The van der Waals surface area contributed by atoms with Gasteiger partial charge < -0.3 is 9.80 Å². The number of anilines is 1. The van der Waals surface area contributed by atoms with Crippen LogP contribution in [0.25, 0.3) is 0 Å². The van der Waals surface area contributed by atoms with Gasteiger partial charge in [-0.05, 0) is 70.4 Å². The number of hydrogen-bond donors (Lipinski definition) is 0. The Labute approximate surface area is 138 Å². The first kappa shape index (κ1) is 15.9. The Balaban J connectivity index is 1.84. The van der Waals surface area contributed by atoms with Gasteiger partial charge in [0, 0.05) is 25.7 Å². The smallest absolute Gasteiger partial charge is 0.264 e. The van der Waals surface area contributed by atoms with Gasteiger partial charge in [-0.2, -0.15) is 0 Å². The SMILES string of the molecule is CCN(C(=O)c1cc2c(s1)N(CC1CC1)CCCC2)C(C)C. The Bertz CT molecular complexity index is 533. The first-order valence-corrected chi connectivity index (χ1v) is 9.60. The zero-order chi connectivity index (χ0) is 15.7. The summed E-state index contributed by atoms with van der Waals surface area (Å²) in [5.41, 5.74) is 1.41. The van der Waals surface area contributed by atoms with E-state index in [0.717, 1.165) is 23.8 Å². The second-order valence-corrected chi connectivity index (χ2v) is 8.00. The van der Waals surface area contributed by atoms with Crippen molar-refractivity contribution in [3.05, 3.63) is 16.5 Å². The lowest BCUT2D eigenvalue weighted by Crippen LogP contribution is -2.36. The van der Waals surface area contributed by atoms with E-state index in [1.807, 2.05) is 4.90 Å². The second kappa shape index (κ2) is 6.61. The summed E-state index contributed by atoms with van der Waals surface area (Å²) in [6.07, 6.45) is 6.44. The summed E-state index contributed by atoms with van der Waals surface area (Å²) in [7, 11) is 0. The number of carbonyl (C=O) groups excluding carboxylic acids is 1. The van der Waals surface area contributed by atoms with Crippen LogP contribution >= 0.6 is 11.3 Å². The van der Waals surface area contributed by atoms with Gasteiger partial charge in [-0.3, -0.25) is 4.79 Å². The maximum atomic E-state index is 12.8. The molecule has 0 saturated heterocycles. The lowest BCUT2D eigenvalue weighted by Gasteiger charge is -2.24. The molecule has 0 atom stereocenters. The Hall–Kier alpha value is -1.03. The first-order valence-electron chi connectivity index (χ1n) is 8.78. The maximum absolute atomic E-state index is 12.8. The molecule has 4 heteroatoms. The molecule has 3 rings (SSSR count). The molecule has 0 bridgehead atoms. The van der Waals surface area contributed by atoms with Crippen LogP contribution in [-0.2, 0) is 6.42 Å². The highest BCUT2D eigenvalue weighted by Gasteiger charge is 2.29. The summed E-state index contributed by atoms with van der Waals surface area (Å²) in [6, 6.07) is 2.44. The molecule has 1 amide bonds. The first-order chi connectivity index (χ1) is 10.6. The minimum Gasteiger partial charge on any atom is -0.363 e. The van der Waals surface area contributed by atoms with E-state index in [-0.39, 0.29) is 11.9 Å². The van der Waals surface area contributed by atoms with Crippen LogP contribution in [0.2, 0.25) is 0 Å². The van der Waals surface area contributed by atoms with Gasteiger partial charge in [0.15, 0.2) is 0 Å². The fourth-order valence-electron chi connectivity index (χ4n) is 3.36. The molecule has 3 nitrogen and oxygen atoms in total. The molecule has 0 spiro atoms. The predicted molar refractivity (Wildman–Crippen MR) is 94.0 cm³/mol. The Morgan fingerprint density at radius 3 is 2.82 bits per heavy atom. The van der Waals surface area contributed by atoms with Crippen molar-refractivity contribution in [2.75, 3.05) is 24.5 Å². The van der Waals surface area contributed by atoms with Gasteiger partial charge in [0.1, 0.15) is 0 Å². The van der Waals surface area contributed by atoms with Gasteiger partial charge in [0.05, 0.1) is 9.88 Å². The van der Waals surface area contributed by atoms with E-state index >= 15 is 0 Å². The maximum Gasteiger partial charge on any atom is 0.264 e. The van der Waals surface area contributed by atoms with Crippen molar-refractivity contribution < 1.29 is 4.79 Å². The summed E-state index contributed by atoms with van der Waals surface area (Å²) in [4.78, 5) is 18.2. The minimum atomic E-state index is 0.210. The number of aryl methyl sites for hydroxylation is 1. The quantitative estimate of drug-likeness (QED) is 0.813. The molecule has 0 aromatic carbocycles. The van der Waals surface area contributed by atoms with E-state index in [2.05, 4.69) is 31.7 Å². The normalized spacial score (nSPS) is 18.3. The van der Waals surface area contributed by atoms with Crippen LogP contribution in [0.5, 0.6) is 0 Å². The van der Waals surface area contributed by atoms with Crippen molar-refractivity contribution in [3.8, 4) is 0 Å². The average Bonchev–Trinajstić information content (AvgIpc) is 3.23. The third-order valence-corrected chi connectivity index (χ3v) is 6.04. The molecular weight excluding hydrogens is 292 g/mol. The lowest BCUT2D eigenvalue weighted by molar-refractivity contribution is 0.0722. The number of carbonyl (C=O) groups is 1. The number of fused-ring (bicyclic) bond motifs is 1. The summed E-state index contributed by atoms with van der Waals surface area (Å²) in [5.74, 6) is 1.11. The van der Waals surface area contributed by atoms with E-state index in [1.54, 1.807) is 11.3 Å². The van der Waals surface area contributed by atoms with Crippen LogP contribution < -0.4 is 4.90 Å². The van der Waals surface area contributed by atoms with Gasteiger partial charge in [0.25, 0.3) is 5.91 Å². The van der Waals surface area contributed by atoms with Gasteiger partial charge in [-0.25, -0.2) is 0 Å². The summed E-state index contributed by atoms with van der Waals surface area (Å²) in [5, 5.41) is 1.38. The van der Waals surface area contributed by atoms with Crippen LogP contribution in [0, 0.1) is 5.92 Å². The van der Waals surface area contributed by atoms with Crippen molar-refractivity contribution >= 4 is 22.2 Å². The van der Waals surface area contributed by atoms with Crippen LogP contribution in [0.4, 0.5) is 5.00 Å². The van der Waals surface area contributed by atoms with E-state index in [9.17, 15) is 4.79 Å². The predicted octanol–water partition coefficient (Wildman–Crippen LogP) is 4.17. The van der Waals surface area contributed by atoms with E-state index < -0.39 is 0 Å². The summed E-state index contributed by atoms with van der Waals surface area (Å²) >= 11 is 1.73. The molecule has 1 aromatic heterocycles. The molecule has 1 aromatic rings. The molecule has 1 fully saturated rings. The van der Waals surface area contributed by atoms with Gasteiger partial charge in [-0.15, -0.1) is 11.3 Å². The number of thiophene rings is 1. The van der Waals surface area contributed by atoms with Gasteiger partial charge in [0.2, 0.25) is 0 Å². The second-order valence-electron chi connectivity index (χ2n) is 6.97. The van der Waals surface area contributed by atoms with E-state index in [1.165, 1.54) is 49.3 Å². The van der Waals surface area contributed by atoms with Crippen molar-refractivity contribution in [2.24, 2.45) is 5.92 Å². The Kier molecular flexibility index (Phi) is 4.76. The minimum absolute atomic E-state index is 0.210. The zero-order valence-electron chi connectivity index (χ0n) is 14.1.